The van der Waals surface area contributed by atoms with Crippen LogP contribution in [0, 0.1) is 5.92 Å². The number of nitrogens with one attached hydrogen (secondary N) is 1. The van der Waals surface area contributed by atoms with Gasteiger partial charge in [0.2, 0.25) is 5.91 Å². The maximum atomic E-state index is 12.0. The molecule has 1 amide bonds. The molecule has 0 fully saturated rings. The van der Waals surface area contributed by atoms with E-state index in [9.17, 15) is 19.2 Å². The minimum Gasteiger partial charge on any atom is -0.481 e. The topological polar surface area (TPSA) is 112 Å². The summed E-state index contributed by atoms with van der Waals surface area (Å²) in [6.07, 6.45) is 1.23. The zero-order valence-corrected chi connectivity index (χ0v) is 11.3. The predicted octanol–water partition coefficient (Wildman–Crippen LogP) is -0.894. The molecule has 0 radical (unpaired) electrons. The molecule has 0 aliphatic rings. The van der Waals surface area contributed by atoms with Gasteiger partial charge in [-0.05, 0) is 6.92 Å². The maximum absolute atomic E-state index is 12.0. The lowest BCUT2D eigenvalue weighted by molar-refractivity contribution is -0.143. The average molecular weight is 283 g/mol. The lowest BCUT2D eigenvalue weighted by Gasteiger charge is -2.23. The summed E-state index contributed by atoms with van der Waals surface area (Å²) >= 11 is 0. The predicted molar refractivity (Wildman–Crippen MR) is 70.4 cm³/mol. The summed E-state index contributed by atoms with van der Waals surface area (Å²) in [5.74, 6) is -2.06. The molecule has 0 aromatic carbocycles. The third-order valence-corrected chi connectivity index (χ3v) is 2.85. The highest BCUT2D eigenvalue weighted by molar-refractivity contribution is 5.77. The number of amides is 1. The van der Waals surface area contributed by atoms with E-state index in [0.717, 1.165) is 10.6 Å². The Morgan fingerprint density at radius 3 is 2.60 bits per heavy atom. The molecule has 0 aliphatic heterocycles. The van der Waals surface area contributed by atoms with E-state index in [-0.39, 0.29) is 19.0 Å². The van der Waals surface area contributed by atoms with Crippen molar-refractivity contribution in [3.8, 4) is 0 Å². The van der Waals surface area contributed by atoms with Gasteiger partial charge in [0.15, 0.2) is 0 Å². The molecule has 1 aromatic rings. The van der Waals surface area contributed by atoms with Crippen LogP contribution in [0.3, 0.4) is 0 Å². The largest absolute Gasteiger partial charge is 0.481 e. The second-order valence-electron chi connectivity index (χ2n) is 4.41. The van der Waals surface area contributed by atoms with Crippen molar-refractivity contribution in [1.29, 1.82) is 0 Å². The molecule has 1 atom stereocenters. The average Bonchev–Trinajstić information content (AvgIpc) is 2.38. The molecule has 2 N–H and O–H groups in total. The standard InChI is InChI=1S/C12H17N3O5/c1-3-14(6-8(2)11(18)19)10(17)7-15-5-4-9(16)13-12(15)20/h4-5,8H,3,6-7H2,1-2H3,(H,18,19)(H,13,16,20). The van der Waals surface area contributed by atoms with Crippen LogP contribution in [0.1, 0.15) is 13.8 Å². The van der Waals surface area contributed by atoms with Gasteiger partial charge in [0.05, 0.1) is 5.92 Å². The van der Waals surface area contributed by atoms with Gasteiger partial charge in [0, 0.05) is 25.4 Å². The first kappa shape index (κ1) is 15.7. The smallest absolute Gasteiger partial charge is 0.328 e. The number of aromatic amines is 1. The van der Waals surface area contributed by atoms with Crippen molar-refractivity contribution in [2.24, 2.45) is 5.92 Å². The van der Waals surface area contributed by atoms with E-state index in [0.29, 0.717) is 6.54 Å². The number of carbonyl (C=O) groups is 2. The lowest BCUT2D eigenvalue weighted by atomic mass is 10.1. The van der Waals surface area contributed by atoms with Gasteiger partial charge in [-0.15, -0.1) is 0 Å². The Bertz CT molecular complexity index is 604. The Morgan fingerprint density at radius 1 is 1.45 bits per heavy atom. The van der Waals surface area contributed by atoms with Gasteiger partial charge in [-0.3, -0.25) is 23.9 Å². The van der Waals surface area contributed by atoms with Crippen LogP contribution in [0.5, 0.6) is 0 Å². The third-order valence-electron chi connectivity index (χ3n) is 2.85. The molecule has 1 heterocycles. The van der Waals surface area contributed by atoms with Crippen molar-refractivity contribution in [2.75, 3.05) is 13.1 Å². The maximum Gasteiger partial charge on any atom is 0.328 e. The molecular weight excluding hydrogens is 266 g/mol. The van der Waals surface area contributed by atoms with Crippen molar-refractivity contribution in [2.45, 2.75) is 20.4 Å². The number of aromatic nitrogens is 2. The first-order chi connectivity index (χ1) is 9.35. The minimum atomic E-state index is -0.988. The van der Waals surface area contributed by atoms with Gasteiger partial charge in [0.1, 0.15) is 6.54 Å². The summed E-state index contributed by atoms with van der Waals surface area (Å²) in [7, 11) is 0. The number of aliphatic carboxylic acids is 1. The summed E-state index contributed by atoms with van der Waals surface area (Å²) in [6.45, 7) is 3.40. The molecule has 1 rings (SSSR count). The first-order valence-electron chi connectivity index (χ1n) is 6.15. The SMILES string of the molecule is CCN(CC(C)C(=O)O)C(=O)Cn1ccc(=O)[nH]c1=O. The number of H-pyrrole nitrogens is 1. The van der Waals surface area contributed by atoms with Crippen molar-refractivity contribution >= 4 is 11.9 Å². The molecule has 1 unspecified atom stereocenters. The van der Waals surface area contributed by atoms with Crippen molar-refractivity contribution in [3.63, 3.8) is 0 Å². The quantitative estimate of drug-likeness (QED) is 0.703. The van der Waals surface area contributed by atoms with E-state index in [2.05, 4.69) is 0 Å². The van der Waals surface area contributed by atoms with Crippen LogP contribution in [-0.2, 0) is 16.1 Å². The number of carboxylic acid groups (broad SMARTS) is 1. The number of carbonyl (C=O) groups excluding carboxylic acids is 1. The monoisotopic (exact) mass is 283 g/mol. The van der Waals surface area contributed by atoms with Crippen LogP contribution in [0.2, 0.25) is 0 Å². The van der Waals surface area contributed by atoms with Gasteiger partial charge >= 0.3 is 11.7 Å². The highest BCUT2D eigenvalue weighted by atomic mass is 16.4. The number of hydrogen-bond acceptors (Lipinski definition) is 4. The van der Waals surface area contributed by atoms with E-state index in [1.165, 1.54) is 18.0 Å². The molecule has 20 heavy (non-hydrogen) atoms. The van der Waals surface area contributed by atoms with Crippen LogP contribution in [0.15, 0.2) is 21.9 Å². The van der Waals surface area contributed by atoms with Crippen LogP contribution < -0.4 is 11.2 Å². The molecule has 0 aliphatic carbocycles. The van der Waals surface area contributed by atoms with Gasteiger partial charge < -0.3 is 10.0 Å². The van der Waals surface area contributed by atoms with Gasteiger partial charge in [0.25, 0.3) is 5.56 Å². The minimum absolute atomic E-state index is 0.0722. The van der Waals surface area contributed by atoms with E-state index >= 15 is 0 Å². The van der Waals surface area contributed by atoms with E-state index in [4.69, 9.17) is 5.11 Å². The number of hydrogen-bond donors (Lipinski definition) is 2. The van der Waals surface area contributed by atoms with Crippen molar-refractivity contribution in [1.82, 2.24) is 14.5 Å². The molecule has 110 valence electrons. The zero-order chi connectivity index (χ0) is 15.3. The fourth-order valence-electron chi connectivity index (χ4n) is 1.63. The Labute approximate surface area is 114 Å². The Hall–Kier alpha value is -2.38. The Kier molecular flexibility index (Phi) is 5.24. The summed E-state index contributed by atoms with van der Waals surface area (Å²) in [6, 6.07) is 1.14. The highest BCUT2D eigenvalue weighted by Gasteiger charge is 2.19. The molecule has 0 saturated heterocycles. The van der Waals surface area contributed by atoms with Crippen LogP contribution in [-0.4, -0.2) is 44.5 Å². The fraction of sp³-hybridized carbons (Fsp3) is 0.500. The van der Waals surface area contributed by atoms with Crippen molar-refractivity contribution < 1.29 is 14.7 Å². The first-order valence-corrected chi connectivity index (χ1v) is 6.15. The molecule has 0 bridgehead atoms. The molecule has 0 spiro atoms. The Balaban J connectivity index is 2.79. The number of likely N-dealkylation sites (N-methyl/N-ethyl adjacent to an activating group) is 1. The van der Waals surface area contributed by atoms with Crippen molar-refractivity contribution in [3.05, 3.63) is 33.1 Å². The molecule has 8 heteroatoms. The second kappa shape index (κ2) is 6.69. The van der Waals surface area contributed by atoms with Gasteiger partial charge in [-0.1, -0.05) is 6.92 Å². The molecular formula is C12H17N3O5. The normalized spacial score (nSPS) is 11.9. The highest BCUT2D eigenvalue weighted by Crippen LogP contribution is 2.01. The second-order valence-corrected chi connectivity index (χ2v) is 4.41. The van der Waals surface area contributed by atoms with Gasteiger partial charge in [-0.25, -0.2) is 4.79 Å². The van der Waals surface area contributed by atoms with E-state index < -0.39 is 23.1 Å². The Morgan fingerprint density at radius 2 is 2.10 bits per heavy atom. The summed E-state index contributed by atoms with van der Waals surface area (Å²) < 4.78 is 1.07. The van der Waals surface area contributed by atoms with Crippen LogP contribution in [0.25, 0.3) is 0 Å². The zero-order valence-electron chi connectivity index (χ0n) is 11.3. The van der Waals surface area contributed by atoms with Crippen LogP contribution in [0.4, 0.5) is 0 Å². The van der Waals surface area contributed by atoms with E-state index in [1.54, 1.807) is 6.92 Å². The molecule has 1 aromatic heterocycles. The van der Waals surface area contributed by atoms with Gasteiger partial charge in [-0.2, -0.15) is 0 Å². The summed E-state index contributed by atoms with van der Waals surface area (Å²) in [4.78, 5) is 48.6. The number of nitrogens with zero attached hydrogens (tertiary/aromatic N) is 2. The summed E-state index contributed by atoms with van der Waals surface area (Å²) in [5, 5.41) is 8.84. The fourth-order valence-corrected chi connectivity index (χ4v) is 1.63. The lowest BCUT2D eigenvalue weighted by Crippen LogP contribution is -2.41. The number of carboxylic acids is 1. The molecule has 8 nitrogen and oxygen atoms in total. The van der Waals surface area contributed by atoms with E-state index in [1.807, 2.05) is 4.98 Å². The summed E-state index contributed by atoms with van der Waals surface area (Å²) in [5.41, 5.74) is -1.21. The number of rotatable bonds is 6. The van der Waals surface area contributed by atoms with Crippen LogP contribution >= 0.6 is 0 Å². The molecule has 0 saturated carbocycles. The third kappa shape index (κ3) is 4.08.